The summed E-state index contributed by atoms with van der Waals surface area (Å²) in [5.41, 5.74) is 4.43. The Morgan fingerprint density at radius 3 is 2.55 bits per heavy atom. The lowest BCUT2D eigenvalue weighted by Gasteiger charge is -2.01. The van der Waals surface area contributed by atoms with E-state index in [1.165, 1.54) is 6.08 Å². The van der Waals surface area contributed by atoms with Gasteiger partial charge in [0.15, 0.2) is 0 Å². The molecule has 0 radical (unpaired) electrons. The van der Waals surface area contributed by atoms with Crippen molar-refractivity contribution in [2.75, 3.05) is 0 Å². The maximum absolute atomic E-state index is 12.3. The van der Waals surface area contributed by atoms with Gasteiger partial charge in [-0.2, -0.15) is 5.10 Å². The maximum Gasteiger partial charge on any atom is 0.244 e. The standard InChI is InChI=1S/C23H19N5O/c29-22(26-15-18-10-13-24-14-11-18)9-8-20-17-28(21-6-2-1-3-7-21)27-23(20)19-5-4-12-25-16-19/h1-14,16-17H,15H2,(H,26,29). The van der Waals surface area contributed by atoms with Crippen LogP contribution in [0.15, 0.2) is 91.7 Å². The van der Waals surface area contributed by atoms with Crippen LogP contribution in [0, 0.1) is 0 Å². The van der Waals surface area contributed by atoms with Crippen LogP contribution in [0.5, 0.6) is 0 Å². The van der Waals surface area contributed by atoms with Gasteiger partial charge in [-0.1, -0.05) is 18.2 Å². The molecule has 1 N–H and O–H groups in total. The predicted molar refractivity (Wildman–Crippen MR) is 112 cm³/mol. The number of rotatable bonds is 6. The Hall–Kier alpha value is -4.06. The van der Waals surface area contributed by atoms with E-state index in [-0.39, 0.29) is 5.91 Å². The van der Waals surface area contributed by atoms with Gasteiger partial charge in [0.1, 0.15) is 5.69 Å². The monoisotopic (exact) mass is 381 g/mol. The maximum atomic E-state index is 12.3. The number of para-hydroxylation sites is 1. The van der Waals surface area contributed by atoms with Crippen molar-refractivity contribution < 1.29 is 4.79 Å². The lowest BCUT2D eigenvalue weighted by atomic mass is 10.1. The topological polar surface area (TPSA) is 72.7 Å². The van der Waals surface area contributed by atoms with Crippen LogP contribution in [-0.4, -0.2) is 25.7 Å². The Balaban J connectivity index is 1.57. The highest BCUT2D eigenvalue weighted by Gasteiger charge is 2.11. The molecule has 0 aliphatic carbocycles. The molecule has 3 heterocycles. The summed E-state index contributed by atoms with van der Waals surface area (Å²) in [5.74, 6) is -0.175. The fourth-order valence-electron chi connectivity index (χ4n) is 2.86. The van der Waals surface area contributed by atoms with Gasteiger partial charge in [-0.05, 0) is 48.0 Å². The summed E-state index contributed by atoms with van der Waals surface area (Å²) in [5, 5.41) is 7.58. The van der Waals surface area contributed by atoms with Crippen LogP contribution >= 0.6 is 0 Å². The number of carbonyl (C=O) groups excluding carboxylic acids is 1. The molecule has 6 heteroatoms. The van der Waals surface area contributed by atoms with Gasteiger partial charge in [0, 0.05) is 54.7 Å². The fourth-order valence-corrected chi connectivity index (χ4v) is 2.86. The second-order valence-corrected chi connectivity index (χ2v) is 6.36. The SMILES string of the molecule is O=C(C=Cc1cn(-c2ccccc2)nc1-c1cccnc1)NCc1ccncc1. The third kappa shape index (κ3) is 4.62. The first kappa shape index (κ1) is 18.3. The quantitative estimate of drug-likeness (QED) is 0.518. The van der Waals surface area contributed by atoms with Crippen LogP contribution in [0.25, 0.3) is 23.0 Å². The Labute approximate surface area is 168 Å². The van der Waals surface area contributed by atoms with Crippen molar-refractivity contribution in [3.8, 4) is 16.9 Å². The van der Waals surface area contributed by atoms with Crippen LogP contribution < -0.4 is 5.32 Å². The van der Waals surface area contributed by atoms with Gasteiger partial charge in [-0.25, -0.2) is 4.68 Å². The van der Waals surface area contributed by atoms with E-state index < -0.39 is 0 Å². The molecule has 142 valence electrons. The Morgan fingerprint density at radius 2 is 1.79 bits per heavy atom. The lowest BCUT2D eigenvalue weighted by molar-refractivity contribution is -0.116. The Bertz CT molecular complexity index is 1110. The number of carbonyl (C=O) groups is 1. The molecule has 3 aromatic heterocycles. The molecule has 4 rings (SSSR count). The molecule has 1 aromatic carbocycles. The highest BCUT2D eigenvalue weighted by molar-refractivity contribution is 5.92. The fraction of sp³-hybridized carbons (Fsp3) is 0.0435. The highest BCUT2D eigenvalue weighted by atomic mass is 16.1. The molecular formula is C23H19N5O. The molecule has 0 fully saturated rings. The summed E-state index contributed by atoms with van der Waals surface area (Å²) in [6, 6.07) is 17.4. The lowest BCUT2D eigenvalue weighted by Crippen LogP contribution is -2.20. The van der Waals surface area contributed by atoms with Crippen LogP contribution in [-0.2, 0) is 11.3 Å². The summed E-state index contributed by atoms with van der Waals surface area (Å²) in [7, 11) is 0. The van der Waals surface area contributed by atoms with E-state index >= 15 is 0 Å². The predicted octanol–water partition coefficient (Wildman–Crippen LogP) is 3.66. The zero-order valence-corrected chi connectivity index (χ0v) is 15.6. The van der Waals surface area contributed by atoms with Crippen molar-refractivity contribution in [2.45, 2.75) is 6.54 Å². The minimum atomic E-state index is -0.175. The average Bonchev–Trinajstić information content (AvgIpc) is 3.22. The zero-order valence-electron chi connectivity index (χ0n) is 15.6. The van der Waals surface area contributed by atoms with Gasteiger partial charge in [0.05, 0.1) is 5.69 Å². The van der Waals surface area contributed by atoms with Gasteiger partial charge in [0.2, 0.25) is 5.91 Å². The molecule has 6 nitrogen and oxygen atoms in total. The van der Waals surface area contributed by atoms with Gasteiger partial charge in [0.25, 0.3) is 0 Å². The largest absolute Gasteiger partial charge is 0.348 e. The van der Waals surface area contributed by atoms with Crippen molar-refractivity contribution >= 4 is 12.0 Å². The van der Waals surface area contributed by atoms with Crippen LogP contribution in [0.4, 0.5) is 0 Å². The number of nitrogens with one attached hydrogen (secondary N) is 1. The van der Waals surface area contributed by atoms with E-state index in [1.807, 2.05) is 60.8 Å². The summed E-state index contributed by atoms with van der Waals surface area (Å²) < 4.78 is 1.80. The van der Waals surface area contributed by atoms with Crippen LogP contribution in [0.1, 0.15) is 11.1 Å². The summed E-state index contributed by atoms with van der Waals surface area (Å²) in [6.45, 7) is 0.449. The number of amides is 1. The number of benzene rings is 1. The molecule has 29 heavy (non-hydrogen) atoms. The summed E-state index contributed by atoms with van der Waals surface area (Å²) in [6.07, 6.45) is 12.1. The Morgan fingerprint density at radius 1 is 0.966 bits per heavy atom. The average molecular weight is 381 g/mol. The van der Waals surface area contributed by atoms with Gasteiger partial charge < -0.3 is 5.32 Å². The third-order valence-electron chi connectivity index (χ3n) is 4.33. The van der Waals surface area contributed by atoms with E-state index in [4.69, 9.17) is 5.10 Å². The minimum Gasteiger partial charge on any atom is -0.348 e. The van der Waals surface area contributed by atoms with E-state index in [2.05, 4.69) is 15.3 Å². The highest BCUT2D eigenvalue weighted by Crippen LogP contribution is 2.24. The Kier molecular flexibility index (Phi) is 5.53. The van der Waals surface area contributed by atoms with E-state index in [0.717, 1.165) is 28.1 Å². The first-order valence-electron chi connectivity index (χ1n) is 9.20. The number of nitrogens with zero attached hydrogens (tertiary/aromatic N) is 4. The van der Waals surface area contributed by atoms with E-state index in [0.29, 0.717) is 6.54 Å². The molecule has 0 aliphatic heterocycles. The molecule has 4 aromatic rings. The van der Waals surface area contributed by atoms with E-state index in [1.54, 1.807) is 35.5 Å². The van der Waals surface area contributed by atoms with Gasteiger partial charge in [-0.15, -0.1) is 0 Å². The van der Waals surface area contributed by atoms with Gasteiger partial charge in [-0.3, -0.25) is 14.8 Å². The van der Waals surface area contributed by atoms with Crippen molar-refractivity contribution in [3.63, 3.8) is 0 Å². The number of hydrogen-bond acceptors (Lipinski definition) is 4. The molecule has 0 spiro atoms. The smallest absolute Gasteiger partial charge is 0.244 e. The second kappa shape index (κ2) is 8.75. The number of hydrogen-bond donors (Lipinski definition) is 1. The molecule has 0 unspecified atom stereocenters. The molecule has 0 saturated carbocycles. The number of pyridine rings is 2. The summed E-state index contributed by atoms with van der Waals surface area (Å²) >= 11 is 0. The van der Waals surface area contributed by atoms with E-state index in [9.17, 15) is 4.79 Å². The van der Waals surface area contributed by atoms with Crippen molar-refractivity contribution in [1.29, 1.82) is 0 Å². The number of aromatic nitrogens is 4. The molecule has 0 bridgehead atoms. The normalized spacial score (nSPS) is 10.9. The first-order chi connectivity index (χ1) is 14.3. The van der Waals surface area contributed by atoms with Crippen LogP contribution in [0.2, 0.25) is 0 Å². The summed E-state index contributed by atoms with van der Waals surface area (Å²) in [4.78, 5) is 20.4. The minimum absolute atomic E-state index is 0.175. The van der Waals surface area contributed by atoms with Crippen molar-refractivity contribution in [1.82, 2.24) is 25.1 Å². The molecule has 0 aliphatic rings. The van der Waals surface area contributed by atoms with Crippen molar-refractivity contribution in [3.05, 3.63) is 103 Å². The molecule has 0 saturated heterocycles. The zero-order chi connectivity index (χ0) is 19.9. The first-order valence-corrected chi connectivity index (χ1v) is 9.20. The van der Waals surface area contributed by atoms with Crippen LogP contribution in [0.3, 0.4) is 0 Å². The van der Waals surface area contributed by atoms with Crippen molar-refractivity contribution in [2.24, 2.45) is 0 Å². The molecule has 0 atom stereocenters. The molecule has 1 amide bonds. The second-order valence-electron chi connectivity index (χ2n) is 6.36. The third-order valence-corrected chi connectivity index (χ3v) is 4.33. The molecular weight excluding hydrogens is 362 g/mol. The van der Waals surface area contributed by atoms with Gasteiger partial charge >= 0.3 is 0 Å².